The minimum absolute atomic E-state index is 0.0340. The van der Waals surface area contributed by atoms with Gasteiger partial charge in [-0.15, -0.1) is 0 Å². The summed E-state index contributed by atoms with van der Waals surface area (Å²) < 4.78 is 11.7. The van der Waals surface area contributed by atoms with Gasteiger partial charge in [0.05, 0.1) is 17.4 Å². The van der Waals surface area contributed by atoms with Crippen LogP contribution in [0.1, 0.15) is 50.1 Å². The van der Waals surface area contributed by atoms with E-state index in [9.17, 15) is 4.79 Å². The molecule has 1 aromatic heterocycles. The summed E-state index contributed by atoms with van der Waals surface area (Å²) in [6.07, 6.45) is 6.08. The Morgan fingerprint density at radius 3 is 2.93 bits per heavy atom. The third-order valence-electron chi connectivity index (χ3n) is 6.93. The van der Waals surface area contributed by atoms with Crippen molar-refractivity contribution in [1.82, 2.24) is 15.4 Å². The molecule has 0 unspecified atom stereocenters. The molecule has 154 valence electrons. The van der Waals surface area contributed by atoms with Crippen LogP contribution in [0.3, 0.4) is 0 Å². The Hall–Kier alpha value is -1.66. The molecule has 1 aromatic rings. The second-order valence-corrected chi connectivity index (χ2v) is 9.11. The molecule has 3 aliphatic rings. The van der Waals surface area contributed by atoms with Gasteiger partial charge in [0.15, 0.2) is 0 Å². The number of allylic oxidation sites excluding steroid dienone is 1. The van der Waals surface area contributed by atoms with E-state index in [1.165, 1.54) is 12.0 Å². The highest BCUT2D eigenvalue weighted by atomic mass is 16.5. The average molecular weight is 388 g/mol. The molecule has 28 heavy (non-hydrogen) atoms. The van der Waals surface area contributed by atoms with Crippen LogP contribution in [0.2, 0.25) is 0 Å². The summed E-state index contributed by atoms with van der Waals surface area (Å²) in [4.78, 5) is 15.0. The van der Waals surface area contributed by atoms with Crippen molar-refractivity contribution in [2.45, 2.75) is 65.1 Å². The highest BCUT2D eigenvalue weighted by Gasteiger charge is 2.62. The molecule has 6 nitrogen and oxygen atoms in total. The van der Waals surface area contributed by atoms with E-state index in [0.29, 0.717) is 30.8 Å². The van der Waals surface area contributed by atoms with Gasteiger partial charge in [0.2, 0.25) is 5.91 Å². The van der Waals surface area contributed by atoms with Crippen molar-refractivity contribution in [3.05, 3.63) is 28.7 Å². The van der Waals surface area contributed by atoms with Crippen molar-refractivity contribution >= 4 is 5.91 Å². The number of fused-ring (bicyclic) bond motifs is 1. The Kier molecular flexibility index (Phi) is 5.36. The van der Waals surface area contributed by atoms with E-state index in [0.717, 1.165) is 49.6 Å². The van der Waals surface area contributed by atoms with Gasteiger partial charge < -0.3 is 14.6 Å². The monoisotopic (exact) mass is 387 g/mol. The summed E-state index contributed by atoms with van der Waals surface area (Å²) in [5.74, 6) is 1.90. The molecule has 4 rings (SSSR count). The number of hydrogen-bond acceptors (Lipinski definition) is 5. The van der Waals surface area contributed by atoms with Crippen LogP contribution in [-0.2, 0) is 16.0 Å². The molecule has 0 aliphatic carbocycles. The number of aromatic nitrogens is 1. The van der Waals surface area contributed by atoms with Gasteiger partial charge in [0, 0.05) is 50.0 Å². The van der Waals surface area contributed by atoms with Crippen molar-refractivity contribution in [1.29, 1.82) is 0 Å². The first-order chi connectivity index (χ1) is 13.4. The molecule has 4 atom stereocenters. The van der Waals surface area contributed by atoms with Crippen LogP contribution in [0.5, 0.6) is 0 Å². The molecule has 0 radical (unpaired) electrons. The van der Waals surface area contributed by atoms with Crippen LogP contribution in [0.15, 0.2) is 16.2 Å². The number of nitrogens with one attached hydrogen (secondary N) is 1. The van der Waals surface area contributed by atoms with E-state index in [4.69, 9.17) is 9.26 Å². The fourth-order valence-corrected chi connectivity index (χ4v) is 5.43. The van der Waals surface area contributed by atoms with Crippen molar-refractivity contribution < 1.29 is 14.1 Å². The minimum atomic E-state index is 0.0340. The lowest BCUT2D eigenvalue weighted by atomic mass is 9.73. The van der Waals surface area contributed by atoms with Gasteiger partial charge in [-0.05, 0) is 47.0 Å². The van der Waals surface area contributed by atoms with Crippen LogP contribution in [-0.4, -0.2) is 53.8 Å². The van der Waals surface area contributed by atoms with Crippen molar-refractivity contribution in [3.8, 4) is 0 Å². The third kappa shape index (κ3) is 3.64. The van der Waals surface area contributed by atoms with Crippen molar-refractivity contribution in [2.75, 3.05) is 26.2 Å². The number of amides is 1. The van der Waals surface area contributed by atoms with E-state index in [1.54, 1.807) is 0 Å². The molecule has 3 aliphatic heterocycles. The van der Waals surface area contributed by atoms with Crippen LogP contribution in [0, 0.1) is 25.7 Å². The zero-order valence-electron chi connectivity index (χ0n) is 17.6. The average Bonchev–Trinajstić information content (AvgIpc) is 3.37. The summed E-state index contributed by atoms with van der Waals surface area (Å²) in [6, 6.07) is 0. The highest BCUT2D eigenvalue weighted by Crippen LogP contribution is 2.54. The van der Waals surface area contributed by atoms with Crippen LogP contribution < -0.4 is 5.32 Å². The Morgan fingerprint density at radius 2 is 2.21 bits per heavy atom. The molecule has 4 heterocycles. The summed E-state index contributed by atoms with van der Waals surface area (Å²) in [5.41, 5.74) is 3.34. The molecule has 6 heteroatoms. The summed E-state index contributed by atoms with van der Waals surface area (Å²) >= 11 is 0. The van der Waals surface area contributed by atoms with E-state index in [1.807, 2.05) is 13.8 Å². The molecule has 1 N–H and O–H groups in total. The van der Waals surface area contributed by atoms with Crippen LogP contribution in [0.25, 0.3) is 0 Å². The molecular formula is C22H33N3O3. The van der Waals surface area contributed by atoms with Gasteiger partial charge in [0.25, 0.3) is 0 Å². The maximum absolute atomic E-state index is 12.4. The highest BCUT2D eigenvalue weighted by molar-refractivity contribution is 5.76. The Balaban J connectivity index is 1.30. The lowest BCUT2D eigenvalue weighted by Crippen LogP contribution is -2.41. The van der Waals surface area contributed by atoms with Gasteiger partial charge in [-0.1, -0.05) is 16.8 Å². The molecule has 1 spiro atoms. The maximum Gasteiger partial charge on any atom is 0.220 e. The predicted octanol–water partition coefficient (Wildman–Crippen LogP) is 2.79. The van der Waals surface area contributed by atoms with Crippen molar-refractivity contribution in [2.24, 2.45) is 11.8 Å². The molecule has 0 aromatic carbocycles. The molecule has 1 amide bonds. The van der Waals surface area contributed by atoms with Gasteiger partial charge in [-0.2, -0.15) is 0 Å². The topological polar surface area (TPSA) is 67.6 Å². The first-order valence-electron chi connectivity index (χ1n) is 10.6. The van der Waals surface area contributed by atoms with Gasteiger partial charge in [-0.25, -0.2) is 0 Å². The zero-order valence-corrected chi connectivity index (χ0v) is 17.6. The number of rotatable bonds is 7. The smallest absolute Gasteiger partial charge is 0.220 e. The molecule has 3 saturated heterocycles. The number of aryl methyl sites for hydroxylation is 2. The van der Waals surface area contributed by atoms with Gasteiger partial charge in [-0.3, -0.25) is 9.69 Å². The van der Waals surface area contributed by atoms with Crippen LogP contribution >= 0.6 is 0 Å². The fraction of sp³-hybridized carbons (Fsp3) is 0.727. The Labute approximate surface area is 167 Å². The number of likely N-dealkylation sites (tertiary alicyclic amines) is 1. The predicted molar refractivity (Wildman–Crippen MR) is 107 cm³/mol. The largest absolute Gasteiger partial charge is 0.370 e. The first-order valence-corrected chi connectivity index (χ1v) is 10.6. The van der Waals surface area contributed by atoms with Crippen molar-refractivity contribution in [3.63, 3.8) is 0 Å². The summed E-state index contributed by atoms with van der Waals surface area (Å²) in [6.45, 7) is 12.0. The Morgan fingerprint density at radius 1 is 1.39 bits per heavy atom. The van der Waals surface area contributed by atoms with E-state index < -0.39 is 0 Å². The molecule has 3 fully saturated rings. The third-order valence-corrected chi connectivity index (χ3v) is 6.93. The minimum Gasteiger partial charge on any atom is -0.370 e. The van der Waals surface area contributed by atoms with Gasteiger partial charge in [0.1, 0.15) is 5.76 Å². The van der Waals surface area contributed by atoms with Gasteiger partial charge >= 0.3 is 0 Å². The number of carbonyl (C=O) groups is 1. The summed E-state index contributed by atoms with van der Waals surface area (Å²) in [5, 5.41) is 7.15. The standard InChI is InChI=1S/C22H33N3O3/c1-14(2)8-10-25-12-19-18(20-7-9-22(19,13-25)27-20)11-23-21(26)6-5-17-15(3)24-28-16(17)4/h8,18-20H,5-7,9-13H2,1-4H3,(H,23,26)/t18-,19+,20+,22+/m0/s1. The quantitative estimate of drug-likeness (QED) is 0.729. The number of ether oxygens (including phenoxy) is 1. The van der Waals surface area contributed by atoms with E-state index in [2.05, 4.69) is 35.3 Å². The number of nitrogens with zero attached hydrogens (tertiary/aromatic N) is 2. The van der Waals surface area contributed by atoms with Crippen LogP contribution in [0.4, 0.5) is 0 Å². The van der Waals surface area contributed by atoms with E-state index in [-0.39, 0.29) is 11.5 Å². The first kappa shape index (κ1) is 19.6. The molecular weight excluding hydrogens is 354 g/mol. The number of carbonyl (C=O) groups excluding carboxylic acids is 1. The Bertz CT molecular complexity index is 748. The lowest BCUT2D eigenvalue weighted by molar-refractivity contribution is -0.121. The second kappa shape index (κ2) is 7.64. The van der Waals surface area contributed by atoms with E-state index >= 15 is 0 Å². The normalized spacial score (nSPS) is 31.2. The second-order valence-electron chi connectivity index (χ2n) is 9.11. The lowest BCUT2D eigenvalue weighted by Gasteiger charge is -2.29. The molecule has 2 bridgehead atoms. The maximum atomic E-state index is 12.4. The number of hydrogen-bond donors (Lipinski definition) is 1. The molecule has 0 saturated carbocycles. The SMILES string of the molecule is CC(C)=CCN1C[C@@H]2[C@H](CNC(=O)CCc3c(C)noc3C)[C@H]3CC[C@]2(C1)O3. The zero-order chi connectivity index (χ0) is 19.9. The summed E-state index contributed by atoms with van der Waals surface area (Å²) in [7, 11) is 0. The fourth-order valence-electron chi connectivity index (χ4n) is 5.43.